The third-order valence-electron chi connectivity index (χ3n) is 5.71. The van der Waals surface area contributed by atoms with Gasteiger partial charge in [-0.05, 0) is 57.3 Å². The van der Waals surface area contributed by atoms with Crippen molar-refractivity contribution in [2.24, 2.45) is 10.9 Å². The van der Waals surface area contributed by atoms with Crippen LogP contribution in [0, 0.1) is 5.92 Å². The molecule has 0 aliphatic carbocycles. The van der Waals surface area contributed by atoms with E-state index in [2.05, 4.69) is 34.3 Å². The number of halogens is 2. The van der Waals surface area contributed by atoms with Gasteiger partial charge in [-0.2, -0.15) is 8.78 Å². The summed E-state index contributed by atoms with van der Waals surface area (Å²) in [5.41, 5.74) is 0.714. The van der Waals surface area contributed by atoms with E-state index in [1.165, 1.54) is 25.9 Å². The molecule has 2 aliphatic rings. The molecule has 0 amide bonds. The van der Waals surface area contributed by atoms with Gasteiger partial charge in [0.2, 0.25) is 0 Å². The molecule has 0 radical (unpaired) electrons. The van der Waals surface area contributed by atoms with Gasteiger partial charge in [0.15, 0.2) is 5.96 Å². The minimum Gasteiger partial charge on any atom is -0.433 e. The molecule has 1 aromatic rings. The summed E-state index contributed by atoms with van der Waals surface area (Å²) in [6, 6.07) is 7.21. The molecule has 2 aliphatic heterocycles. The monoisotopic (exact) mass is 423 g/mol. The molecule has 2 heterocycles. The number of hydrogen-bond acceptors (Lipinski definition) is 4. The molecular formula is C22H35F2N5O. The predicted octanol–water partition coefficient (Wildman–Crippen LogP) is 3.15. The van der Waals surface area contributed by atoms with Crippen molar-refractivity contribution < 1.29 is 13.5 Å². The molecule has 0 bridgehead atoms. The van der Waals surface area contributed by atoms with Crippen molar-refractivity contribution in [2.45, 2.75) is 45.8 Å². The summed E-state index contributed by atoms with van der Waals surface area (Å²) in [6.45, 7) is 8.10. The molecule has 168 valence electrons. The Morgan fingerprint density at radius 3 is 2.80 bits per heavy atom. The van der Waals surface area contributed by atoms with Gasteiger partial charge < -0.3 is 25.2 Å². The van der Waals surface area contributed by atoms with Crippen molar-refractivity contribution in [3.05, 3.63) is 24.3 Å². The fourth-order valence-electron chi connectivity index (χ4n) is 4.33. The summed E-state index contributed by atoms with van der Waals surface area (Å²) >= 11 is 0. The molecule has 2 saturated heterocycles. The van der Waals surface area contributed by atoms with Crippen LogP contribution in [0.15, 0.2) is 29.3 Å². The Kier molecular flexibility index (Phi) is 8.54. The topological polar surface area (TPSA) is 52.1 Å². The fourth-order valence-corrected chi connectivity index (χ4v) is 4.33. The highest BCUT2D eigenvalue weighted by Crippen LogP contribution is 2.31. The van der Waals surface area contributed by atoms with Crippen molar-refractivity contribution in [1.29, 1.82) is 0 Å². The highest BCUT2D eigenvalue weighted by molar-refractivity contribution is 5.80. The summed E-state index contributed by atoms with van der Waals surface area (Å²) in [6.07, 6.45) is 3.33. The van der Waals surface area contributed by atoms with Crippen molar-refractivity contribution in [3.63, 3.8) is 0 Å². The normalized spacial score (nSPS) is 22.7. The average Bonchev–Trinajstić information content (AvgIpc) is 3.36. The van der Waals surface area contributed by atoms with Crippen LogP contribution in [0.2, 0.25) is 0 Å². The Morgan fingerprint density at radius 2 is 2.03 bits per heavy atom. The summed E-state index contributed by atoms with van der Waals surface area (Å²) in [4.78, 5) is 9.45. The van der Waals surface area contributed by atoms with Crippen LogP contribution in [-0.2, 0) is 0 Å². The number of nitrogens with zero attached hydrogens (tertiary/aromatic N) is 3. The number of hydrogen-bond donors (Lipinski definition) is 2. The SMILES string of the molecule is CCCN1CCC(CN=C(NCC)NC2CCN(c3ccccc3OC(F)F)C2)C1. The lowest BCUT2D eigenvalue weighted by molar-refractivity contribution is -0.0495. The van der Waals surface area contributed by atoms with Crippen LogP contribution in [0.1, 0.15) is 33.1 Å². The van der Waals surface area contributed by atoms with E-state index in [9.17, 15) is 8.78 Å². The van der Waals surface area contributed by atoms with Crippen LogP contribution in [0.25, 0.3) is 0 Å². The van der Waals surface area contributed by atoms with E-state index in [0.29, 0.717) is 11.6 Å². The van der Waals surface area contributed by atoms with E-state index in [1.807, 2.05) is 12.1 Å². The van der Waals surface area contributed by atoms with Crippen LogP contribution in [0.4, 0.5) is 14.5 Å². The molecule has 0 spiro atoms. The smallest absolute Gasteiger partial charge is 0.387 e. The van der Waals surface area contributed by atoms with E-state index in [1.54, 1.807) is 12.1 Å². The highest BCUT2D eigenvalue weighted by atomic mass is 19.3. The van der Waals surface area contributed by atoms with Crippen molar-refractivity contribution >= 4 is 11.6 Å². The van der Waals surface area contributed by atoms with Gasteiger partial charge in [0.05, 0.1) is 5.69 Å². The van der Waals surface area contributed by atoms with Gasteiger partial charge in [-0.3, -0.25) is 4.99 Å². The van der Waals surface area contributed by atoms with Crippen LogP contribution in [0.3, 0.4) is 0 Å². The van der Waals surface area contributed by atoms with Gasteiger partial charge in [-0.1, -0.05) is 19.1 Å². The summed E-state index contributed by atoms with van der Waals surface area (Å²) in [5.74, 6) is 1.69. The zero-order chi connectivity index (χ0) is 21.3. The Hall–Kier alpha value is -2.09. The zero-order valence-corrected chi connectivity index (χ0v) is 18.1. The maximum atomic E-state index is 12.7. The van der Waals surface area contributed by atoms with Crippen LogP contribution < -0.4 is 20.3 Å². The van der Waals surface area contributed by atoms with E-state index < -0.39 is 6.61 Å². The molecule has 0 aromatic heterocycles. The number of rotatable bonds is 9. The third kappa shape index (κ3) is 6.45. The van der Waals surface area contributed by atoms with Gasteiger partial charge in [-0.25, -0.2) is 0 Å². The zero-order valence-electron chi connectivity index (χ0n) is 18.1. The molecule has 3 rings (SSSR count). The van der Waals surface area contributed by atoms with Crippen molar-refractivity contribution in [1.82, 2.24) is 15.5 Å². The molecule has 2 unspecified atom stereocenters. The molecule has 2 atom stereocenters. The molecular weight excluding hydrogens is 388 g/mol. The molecule has 8 heteroatoms. The summed E-state index contributed by atoms with van der Waals surface area (Å²) in [7, 11) is 0. The Balaban J connectivity index is 1.55. The average molecular weight is 424 g/mol. The molecule has 30 heavy (non-hydrogen) atoms. The predicted molar refractivity (Wildman–Crippen MR) is 118 cm³/mol. The van der Waals surface area contributed by atoms with E-state index in [-0.39, 0.29) is 11.8 Å². The minimum atomic E-state index is -2.82. The van der Waals surface area contributed by atoms with Gasteiger partial charge in [0.25, 0.3) is 0 Å². The molecule has 6 nitrogen and oxygen atoms in total. The van der Waals surface area contributed by atoms with E-state index in [0.717, 1.165) is 45.1 Å². The molecule has 1 aromatic carbocycles. The quantitative estimate of drug-likeness (QED) is 0.472. The number of para-hydroxylation sites is 2. The lowest BCUT2D eigenvalue weighted by Gasteiger charge is -2.22. The maximum Gasteiger partial charge on any atom is 0.387 e. The second kappa shape index (κ2) is 11.3. The largest absolute Gasteiger partial charge is 0.433 e. The first kappa shape index (κ1) is 22.6. The van der Waals surface area contributed by atoms with Gasteiger partial charge >= 0.3 is 6.61 Å². The number of likely N-dealkylation sites (tertiary alicyclic amines) is 1. The maximum absolute atomic E-state index is 12.7. The Morgan fingerprint density at radius 1 is 1.20 bits per heavy atom. The van der Waals surface area contributed by atoms with Crippen LogP contribution >= 0.6 is 0 Å². The fraction of sp³-hybridized carbons (Fsp3) is 0.682. The number of guanidine groups is 1. The van der Waals surface area contributed by atoms with Crippen LogP contribution in [0.5, 0.6) is 5.75 Å². The number of aliphatic imine (C=N–C) groups is 1. The van der Waals surface area contributed by atoms with Crippen molar-refractivity contribution in [3.8, 4) is 5.75 Å². The number of nitrogens with one attached hydrogen (secondary N) is 2. The summed E-state index contributed by atoms with van der Waals surface area (Å²) < 4.78 is 30.1. The Bertz CT molecular complexity index is 687. The van der Waals surface area contributed by atoms with Gasteiger partial charge in [0.1, 0.15) is 5.75 Å². The Labute approximate surface area is 178 Å². The third-order valence-corrected chi connectivity index (χ3v) is 5.71. The molecule has 2 N–H and O–H groups in total. The number of anilines is 1. The standard InChI is InChI=1S/C22H35F2N5O/c1-3-11-28-12-9-17(15-28)14-26-22(25-4-2)27-18-10-13-29(16-18)19-7-5-6-8-20(19)30-21(23)24/h5-8,17-18,21H,3-4,9-16H2,1-2H3,(H2,25,26,27). The van der Waals surface area contributed by atoms with Gasteiger partial charge in [0, 0.05) is 38.8 Å². The molecule has 2 fully saturated rings. The van der Waals surface area contributed by atoms with Gasteiger partial charge in [-0.15, -0.1) is 0 Å². The number of ether oxygens (including phenoxy) is 1. The number of alkyl halides is 2. The first-order chi connectivity index (χ1) is 14.6. The number of benzene rings is 1. The second-order valence-corrected chi connectivity index (χ2v) is 8.10. The second-order valence-electron chi connectivity index (χ2n) is 8.10. The lowest BCUT2D eigenvalue weighted by atomic mass is 10.1. The molecule has 0 saturated carbocycles. The lowest BCUT2D eigenvalue weighted by Crippen LogP contribution is -2.45. The first-order valence-electron chi connectivity index (χ1n) is 11.1. The van der Waals surface area contributed by atoms with Crippen molar-refractivity contribution in [2.75, 3.05) is 50.7 Å². The van der Waals surface area contributed by atoms with Crippen LogP contribution in [-0.4, -0.2) is 69.3 Å². The van der Waals surface area contributed by atoms with E-state index >= 15 is 0 Å². The minimum absolute atomic E-state index is 0.211. The first-order valence-corrected chi connectivity index (χ1v) is 11.1. The highest BCUT2D eigenvalue weighted by Gasteiger charge is 2.26. The summed E-state index contributed by atoms with van der Waals surface area (Å²) in [5, 5.41) is 6.88. The van der Waals surface area contributed by atoms with E-state index in [4.69, 9.17) is 9.73 Å².